The number of benzene rings is 1. The second kappa shape index (κ2) is 7.18. The third-order valence-corrected chi connectivity index (χ3v) is 4.68. The molecule has 2 aromatic heterocycles. The highest BCUT2D eigenvalue weighted by Gasteiger charge is 2.20. The lowest BCUT2D eigenvalue weighted by atomic mass is 10.1. The maximum atomic E-state index is 12.9. The second-order valence-electron chi connectivity index (χ2n) is 6.57. The van der Waals surface area contributed by atoms with Crippen molar-refractivity contribution >= 4 is 39.6 Å². The van der Waals surface area contributed by atoms with E-state index < -0.39 is 5.91 Å². The van der Waals surface area contributed by atoms with Crippen molar-refractivity contribution in [2.75, 3.05) is 18.9 Å². The zero-order valence-electron chi connectivity index (χ0n) is 15.0. The Bertz CT molecular complexity index is 1210. The monoisotopic (exact) mass is 374 g/mol. The Balaban J connectivity index is 1.70. The second-order valence-corrected chi connectivity index (χ2v) is 6.57. The number of ether oxygens (including phenoxy) is 1. The minimum Gasteiger partial charge on any atom is -0.383 e. The van der Waals surface area contributed by atoms with Gasteiger partial charge in [-0.3, -0.25) is 14.2 Å². The van der Waals surface area contributed by atoms with Crippen LogP contribution in [0.15, 0.2) is 53.9 Å². The first-order chi connectivity index (χ1) is 13.6. The number of pyridine rings is 1. The van der Waals surface area contributed by atoms with Gasteiger partial charge in [0.2, 0.25) is 0 Å². The SMILES string of the molecule is NC(=O)c1cc2c3ccccc3n(C(=O)COCC3C=C=C=CC3)c2nc1N. The number of allylic oxidation sites excluding steroid dienone is 1. The van der Waals surface area contributed by atoms with Gasteiger partial charge in [-0.05, 0) is 30.7 Å². The van der Waals surface area contributed by atoms with E-state index in [1.807, 2.05) is 36.4 Å². The minimum atomic E-state index is -0.665. The number of fused-ring (bicyclic) bond motifs is 3. The first-order valence-electron chi connectivity index (χ1n) is 8.82. The predicted molar refractivity (Wildman–Crippen MR) is 106 cm³/mol. The Labute approximate surface area is 160 Å². The van der Waals surface area contributed by atoms with Crippen molar-refractivity contribution in [1.82, 2.24) is 9.55 Å². The molecule has 1 unspecified atom stereocenters. The largest absolute Gasteiger partial charge is 0.383 e. The number of hydrogen-bond donors (Lipinski definition) is 2. The Morgan fingerprint density at radius 2 is 2.07 bits per heavy atom. The van der Waals surface area contributed by atoms with E-state index in [0.717, 1.165) is 11.8 Å². The average molecular weight is 374 g/mol. The normalized spacial score (nSPS) is 15.5. The summed E-state index contributed by atoms with van der Waals surface area (Å²) in [7, 11) is 0. The molecule has 0 bridgehead atoms. The van der Waals surface area contributed by atoms with Crippen LogP contribution in [0.25, 0.3) is 21.9 Å². The number of anilines is 1. The van der Waals surface area contributed by atoms with Crippen LogP contribution in [-0.4, -0.2) is 34.6 Å². The smallest absolute Gasteiger partial charge is 0.258 e. The van der Waals surface area contributed by atoms with E-state index in [2.05, 4.69) is 16.4 Å². The summed E-state index contributed by atoms with van der Waals surface area (Å²) in [4.78, 5) is 28.8. The van der Waals surface area contributed by atoms with Gasteiger partial charge >= 0.3 is 0 Å². The quantitative estimate of drug-likeness (QED) is 0.666. The number of nitrogens with two attached hydrogens (primary N) is 2. The molecule has 0 radical (unpaired) electrons. The first-order valence-corrected chi connectivity index (χ1v) is 8.82. The minimum absolute atomic E-state index is 0.0105. The Morgan fingerprint density at radius 1 is 1.25 bits per heavy atom. The summed E-state index contributed by atoms with van der Waals surface area (Å²) in [6.07, 6.45) is 4.59. The topological polar surface area (TPSA) is 113 Å². The van der Waals surface area contributed by atoms with E-state index in [9.17, 15) is 9.59 Å². The van der Waals surface area contributed by atoms with E-state index in [4.69, 9.17) is 16.2 Å². The number of hydrogen-bond acceptors (Lipinski definition) is 5. The molecule has 1 aliphatic carbocycles. The lowest BCUT2D eigenvalue weighted by Crippen LogP contribution is -2.20. The van der Waals surface area contributed by atoms with Crippen molar-refractivity contribution in [2.45, 2.75) is 6.42 Å². The van der Waals surface area contributed by atoms with Crippen LogP contribution in [0.3, 0.4) is 0 Å². The van der Waals surface area contributed by atoms with Crippen molar-refractivity contribution in [3.8, 4) is 0 Å². The number of nitrogen functional groups attached to an aromatic ring is 1. The number of carbonyl (C=O) groups is 2. The summed E-state index contributed by atoms with van der Waals surface area (Å²) in [5.74, 6) is -0.763. The zero-order chi connectivity index (χ0) is 19.7. The zero-order valence-corrected chi connectivity index (χ0v) is 15.0. The number of carbonyl (C=O) groups excluding carboxylic acids is 2. The predicted octanol–water partition coefficient (Wildman–Crippen LogP) is 2.41. The van der Waals surface area contributed by atoms with Crippen LogP contribution in [0, 0.1) is 5.92 Å². The van der Waals surface area contributed by atoms with Crippen molar-refractivity contribution in [1.29, 1.82) is 0 Å². The van der Waals surface area contributed by atoms with Gasteiger partial charge in [0.1, 0.15) is 18.1 Å². The third kappa shape index (κ3) is 3.10. The third-order valence-electron chi connectivity index (χ3n) is 4.68. The molecule has 0 saturated heterocycles. The van der Waals surface area contributed by atoms with Gasteiger partial charge in [0, 0.05) is 16.7 Å². The fraction of sp³-hybridized carbons (Fsp3) is 0.190. The fourth-order valence-corrected chi connectivity index (χ4v) is 3.33. The van der Waals surface area contributed by atoms with E-state index in [1.165, 1.54) is 4.57 Å². The van der Waals surface area contributed by atoms with Crippen molar-refractivity contribution in [3.63, 3.8) is 0 Å². The van der Waals surface area contributed by atoms with E-state index in [0.29, 0.717) is 23.2 Å². The van der Waals surface area contributed by atoms with Crippen LogP contribution < -0.4 is 11.5 Å². The molecule has 1 atom stereocenters. The summed E-state index contributed by atoms with van der Waals surface area (Å²) in [6, 6.07) is 8.93. The molecule has 1 amide bonds. The van der Waals surface area contributed by atoms with E-state index in [-0.39, 0.29) is 29.8 Å². The van der Waals surface area contributed by atoms with Crippen LogP contribution in [0.1, 0.15) is 21.6 Å². The summed E-state index contributed by atoms with van der Waals surface area (Å²) < 4.78 is 7.10. The van der Waals surface area contributed by atoms with Crippen molar-refractivity contribution < 1.29 is 14.3 Å². The van der Waals surface area contributed by atoms with Crippen molar-refractivity contribution in [3.05, 3.63) is 59.5 Å². The molecule has 4 N–H and O–H groups in total. The highest BCUT2D eigenvalue weighted by molar-refractivity contribution is 6.14. The molecule has 1 aromatic carbocycles. The molecule has 1 aliphatic rings. The van der Waals surface area contributed by atoms with Crippen LogP contribution in [0.5, 0.6) is 0 Å². The summed E-state index contributed by atoms with van der Waals surface area (Å²) in [6.45, 7) is 0.306. The van der Waals surface area contributed by atoms with Crippen molar-refractivity contribution in [2.24, 2.45) is 11.7 Å². The summed E-state index contributed by atoms with van der Waals surface area (Å²) in [5, 5.41) is 1.42. The van der Waals surface area contributed by atoms with Crippen LogP contribution >= 0.6 is 0 Å². The van der Waals surface area contributed by atoms with Gasteiger partial charge in [0.05, 0.1) is 17.7 Å². The van der Waals surface area contributed by atoms with Gasteiger partial charge in [-0.1, -0.05) is 29.7 Å². The van der Waals surface area contributed by atoms with Gasteiger partial charge in [-0.25, -0.2) is 4.98 Å². The van der Waals surface area contributed by atoms with E-state index in [1.54, 1.807) is 6.07 Å². The number of aromatic nitrogens is 2. The maximum absolute atomic E-state index is 12.9. The molecule has 4 rings (SSSR count). The number of amides is 1. The van der Waals surface area contributed by atoms with Gasteiger partial charge in [0.15, 0.2) is 0 Å². The van der Waals surface area contributed by atoms with Gasteiger partial charge < -0.3 is 16.2 Å². The number of para-hydroxylation sites is 1. The van der Waals surface area contributed by atoms with Crippen LogP contribution in [0.2, 0.25) is 0 Å². The highest BCUT2D eigenvalue weighted by atomic mass is 16.5. The Morgan fingerprint density at radius 3 is 2.82 bits per heavy atom. The molecule has 3 aromatic rings. The average Bonchev–Trinajstić information content (AvgIpc) is 3.01. The number of rotatable bonds is 5. The van der Waals surface area contributed by atoms with Gasteiger partial charge in [-0.15, -0.1) is 0 Å². The molecule has 2 heterocycles. The lowest BCUT2D eigenvalue weighted by Gasteiger charge is -2.11. The Kier molecular flexibility index (Phi) is 4.55. The number of primary amides is 1. The Hall–Kier alpha value is -3.63. The maximum Gasteiger partial charge on any atom is 0.258 e. The summed E-state index contributed by atoms with van der Waals surface area (Å²) >= 11 is 0. The standard InChI is InChI=1S/C21H18N4O3/c22-19-16(20(23)27)10-15-14-8-4-5-9-17(14)25(21(15)24-19)18(26)12-28-11-13-6-2-1-3-7-13/h2,4-5,7-10,13H,6,11-12H2,(H2,22,24)(H2,23,27). The number of nitrogens with zero attached hydrogens (tertiary/aromatic N) is 2. The van der Waals surface area contributed by atoms with E-state index >= 15 is 0 Å². The molecular weight excluding hydrogens is 356 g/mol. The van der Waals surface area contributed by atoms with Crippen LogP contribution in [0.4, 0.5) is 5.82 Å². The molecule has 7 heteroatoms. The molecule has 0 spiro atoms. The molecule has 140 valence electrons. The molecule has 28 heavy (non-hydrogen) atoms. The molecular formula is C21H18N4O3. The molecule has 7 nitrogen and oxygen atoms in total. The fourth-order valence-electron chi connectivity index (χ4n) is 3.33. The highest BCUT2D eigenvalue weighted by Crippen LogP contribution is 2.30. The first kappa shape index (κ1) is 17.8. The summed E-state index contributed by atoms with van der Waals surface area (Å²) in [5.41, 5.74) is 18.2. The molecule has 0 fully saturated rings. The molecule has 0 aliphatic heterocycles. The lowest BCUT2D eigenvalue weighted by molar-refractivity contribution is 0.0642. The van der Waals surface area contributed by atoms with Gasteiger partial charge in [-0.2, -0.15) is 0 Å². The molecule has 0 saturated carbocycles. The van der Waals surface area contributed by atoms with Crippen LogP contribution in [-0.2, 0) is 4.74 Å². The van der Waals surface area contributed by atoms with Gasteiger partial charge in [0.25, 0.3) is 11.8 Å².